The van der Waals surface area contributed by atoms with E-state index in [0.717, 1.165) is 11.1 Å². The fourth-order valence-corrected chi connectivity index (χ4v) is 3.01. The molecule has 0 saturated heterocycles. The lowest BCUT2D eigenvalue weighted by molar-refractivity contribution is -0.144. The molecule has 34 heavy (non-hydrogen) atoms. The lowest BCUT2D eigenvalue weighted by atomic mass is 10.0. The zero-order valence-electron chi connectivity index (χ0n) is 18.8. The van der Waals surface area contributed by atoms with Gasteiger partial charge in [0.2, 0.25) is 6.08 Å². The number of rotatable bonds is 14. The molecule has 2 N–H and O–H groups in total. The van der Waals surface area contributed by atoms with Gasteiger partial charge >= 0.3 is 18.0 Å². The highest BCUT2D eigenvalue weighted by Crippen LogP contribution is 2.17. The molecule has 0 aromatic heterocycles. The van der Waals surface area contributed by atoms with Gasteiger partial charge in [-0.05, 0) is 67.5 Å². The smallest absolute Gasteiger partial charge is 0.411 e. The summed E-state index contributed by atoms with van der Waals surface area (Å²) in [4.78, 5) is 47.7. The van der Waals surface area contributed by atoms with Crippen molar-refractivity contribution < 1.29 is 33.8 Å². The molecule has 0 bridgehead atoms. The Morgan fingerprint density at radius 2 is 1.41 bits per heavy atom. The number of carbonyl (C=O) groups excluding carboxylic acids is 3. The number of ether oxygens (including phenoxy) is 2. The van der Waals surface area contributed by atoms with Crippen molar-refractivity contribution in [1.29, 1.82) is 0 Å². The van der Waals surface area contributed by atoms with Crippen LogP contribution < -0.4 is 5.32 Å². The normalized spacial score (nSPS) is 10.1. The van der Waals surface area contributed by atoms with E-state index in [1.807, 2.05) is 24.3 Å². The summed E-state index contributed by atoms with van der Waals surface area (Å²) in [6.07, 6.45) is 3.94. The number of nitrogens with one attached hydrogen (secondary N) is 1. The average molecular weight is 469 g/mol. The third kappa shape index (κ3) is 11.1. The van der Waals surface area contributed by atoms with Gasteiger partial charge < -0.3 is 14.6 Å². The van der Waals surface area contributed by atoms with Crippen LogP contribution in [0.3, 0.4) is 0 Å². The summed E-state index contributed by atoms with van der Waals surface area (Å²) >= 11 is 0. The molecule has 0 aliphatic carbocycles. The molecule has 1 amide bonds. The lowest BCUT2D eigenvalue weighted by Crippen LogP contribution is -2.15. The molecular weight excluding hydrogens is 440 g/mol. The molecule has 0 fully saturated rings. The molecule has 2 rings (SSSR count). The third-order valence-electron chi connectivity index (χ3n) is 4.78. The van der Waals surface area contributed by atoms with E-state index in [4.69, 9.17) is 14.6 Å². The molecular formula is C25H28N2O7. The molecule has 0 aliphatic heterocycles. The van der Waals surface area contributed by atoms with Gasteiger partial charge in [0.1, 0.15) is 0 Å². The predicted octanol–water partition coefficient (Wildman–Crippen LogP) is 4.76. The Labute approximate surface area is 197 Å². The quantitative estimate of drug-likeness (QED) is 0.177. The number of carboxylic acid groups (broad SMARTS) is 1. The van der Waals surface area contributed by atoms with E-state index in [2.05, 4.69) is 10.3 Å². The van der Waals surface area contributed by atoms with Gasteiger partial charge in [-0.25, -0.2) is 9.59 Å². The van der Waals surface area contributed by atoms with Gasteiger partial charge in [0.15, 0.2) is 0 Å². The van der Waals surface area contributed by atoms with Crippen molar-refractivity contribution in [3.63, 3.8) is 0 Å². The molecule has 0 radical (unpaired) electrons. The van der Waals surface area contributed by atoms with E-state index in [9.17, 15) is 19.2 Å². The highest BCUT2D eigenvalue weighted by Gasteiger charge is 2.06. The van der Waals surface area contributed by atoms with E-state index in [1.54, 1.807) is 24.3 Å². The van der Waals surface area contributed by atoms with Crippen LogP contribution in [0.2, 0.25) is 0 Å². The van der Waals surface area contributed by atoms with Crippen molar-refractivity contribution in [2.45, 2.75) is 44.9 Å². The number of hydrogen-bond donors (Lipinski definition) is 2. The van der Waals surface area contributed by atoms with Gasteiger partial charge in [0.05, 0.1) is 18.9 Å². The maximum Gasteiger partial charge on any atom is 0.411 e. The molecule has 0 aliphatic rings. The summed E-state index contributed by atoms with van der Waals surface area (Å²) in [6.45, 7) is 0.432. The van der Waals surface area contributed by atoms with E-state index in [0.29, 0.717) is 43.5 Å². The Hall–Kier alpha value is -3.97. The topological polar surface area (TPSA) is 131 Å². The summed E-state index contributed by atoms with van der Waals surface area (Å²) in [5, 5.41) is 11.2. The summed E-state index contributed by atoms with van der Waals surface area (Å²) in [7, 11) is 0. The van der Waals surface area contributed by atoms with Crippen molar-refractivity contribution in [2.24, 2.45) is 4.99 Å². The first-order chi connectivity index (χ1) is 16.5. The van der Waals surface area contributed by atoms with Gasteiger partial charge in [-0.3, -0.25) is 14.9 Å². The largest absolute Gasteiger partial charge is 0.481 e. The zero-order valence-corrected chi connectivity index (χ0v) is 18.8. The van der Waals surface area contributed by atoms with Gasteiger partial charge in [-0.1, -0.05) is 24.3 Å². The van der Waals surface area contributed by atoms with E-state index in [1.165, 1.54) is 6.08 Å². The van der Waals surface area contributed by atoms with Gasteiger partial charge in [-0.2, -0.15) is 4.99 Å². The third-order valence-corrected chi connectivity index (χ3v) is 4.78. The number of aliphatic carboxylic acids is 1. The molecule has 2 aromatic carbocycles. The van der Waals surface area contributed by atoms with Gasteiger partial charge in [-0.15, -0.1) is 0 Å². The maximum absolute atomic E-state index is 11.9. The Kier molecular flexibility index (Phi) is 11.6. The number of unbranched alkanes of at least 4 members (excludes halogenated alkanes) is 2. The first-order valence-electron chi connectivity index (χ1n) is 11.0. The molecule has 0 unspecified atom stereocenters. The lowest BCUT2D eigenvalue weighted by Gasteiger charge is -2.08. The number of esters is 1. The van der Waals surface area contributed by atoms with E-state index in [-0.39, 0.29) is 32.0 Å². The maximum atomic E-state index is 11.9. The van der Waals surface area contributed by atoms with Crippen LogP contribution in [0.25, 0.3) is 0 Å². The van der Waals surface area contributed by atoms with Crippen LogP contribution in [0.15, 0.2) is 53.5 Å². The van der Waals surface area contributed by atoms with Crippen LogP contribution in [-0.4, -0.2) is 42.4 Å². The van der Waals surface area contributed by atoms with Crippen molar-refractivity contribution >= 4 is 35.5 Å². The highest BCUT2D eigenvalue weighted by molar-refractivity contribution is 5.84. The number of nitrogens with zero attached hydrogens (tertiary/aromatic N) is 1. The fourth-order valence-electron chi connectivity index (χ4n) is 3.01. The minimum atomic E-state index is -0.874. The molecule has 0 saturated carbocycles. The Bertz CT molecular complexity index is 981. The SMILES string of the molecule is O=C=Nc1ccc(Cc2ccc(NC(=O)OCCCCOC(=O)CCCCC(=O)O)cc2)cc1. The van der Waals surface area contributed by atoms with Gasteiger partial charge in [0.25, 0.3) is 0 Å². The number of isocyanates is 1. The number of carboxylic acids is 1. The summed E-state index contributed by atoms with van der Waals surface area (Å²) in [6, 6.07) is 14.7. The van der Waals surface area contributed by atoms with Crippen LogP contribution in [0, 0.1) is 0 Å². The average Bonchev–Trinajstić information content (AvgIpc) is 2.81. The molecule has 180 valence electrons. The second-order valence-corrected chi connectivity index (χ2v) is 7.53. The number of aliphatic imine (C=N–C) groups is 1. The molecule has 2 aromatic rings. The van der Waals surface area contributed by atoms with Crippen molar-refractivity contribution in [2.75, 3.05) is 18.5 Å². The van der Waals surface area contributed by atoms with Crippen molar-refractivity contribution in [1.82, 2.24) is 0 Å². The second-order valence-electron chi connectivity index (χ2n) is 7.53. The number of benzene rings is 2. The Morgan fingerprint density at radius 1 is 0.824 bits per heavy atom. The summed E-state index contributed by atoms with van der Waals surface area (Å²) < 4.78 is 10.2. The van der Waals surface area contributed by atoms with Crippen LogP contribution >= 0.6 is 0 Å². The first-order valence-corrected chi connectivity index (χ1v) is 11.0. The predicted molar refractivity (Wildman–Crippen MR) is 125 cm³/mol. The number of amides is 1. The fraction of sp³-hybridized carbons (Fsp3) is 0.360. The second kappa shape index (κ2) is 15.0. The number of anilines is 1. The van der Waals surface area contributed by atoms with Crippen LogP contribution in [-0.2, 0) is 30.3 Å². The number of carbonyl (C=O) groups is 3. The summed E-state index contributed by atoms with van der Waals surface area (Å²) in [5.41, 5.74) is 3.29. The highest BCUT2D eigenvalue weighted by atomic mass is 16.5. The van der Waals surface area contributed by atoms with Crippen LogP contribution in [0.1, 0.15) is 49.7 Å². The Balaban J connectivity index is 1.58. The Morgan fingerprint density at radius 3 is 2.03 bits per heavy atom. The zero-order chi connectivity index (χ0) is 24.6. The molecule has 0 atom stereocenters. The molecule has 9 nitrogen and oxygen atoms in total. The monoisotopic (exact) mass is 468 g/mol. The molecule has 9 heteroatoms. The molecule has 0 spiro atoms. The minimum absolute atomic E-state index is 0.0474. The standard InChI is InChI=1S/C25H28N2O7/c28-18-26-21-11-7-19(8-12-21)17-20-9-13-22(14-10-20)27-25(32)34-16-4-3-15-33-24(31)6-2-1-5-23(29)30/h7-14H,1-6,15-17H2,(H,27,32)(H,29,30). The summed E-state index contributed by atoms with van der Waals surface area (Å²) in [5.74, 6) is -1.22. The molecule has 0 heterocycles. The van der Waals surface area contributed by atoms with E-state index >= 15 is 0 Å². The van der Waals surface area contributed by atoms with Crippen molar-refractivity contribution in [3.8, 4) is 0 Å². The van der Waals surface area contributed by atoms with E-state index < -0.39 is 12.1 Å². The van der Waals surface area contributed by atoms with Crippen LogP contribution in [0.4, 0.5) is 16.2 Å². The first kappa shape index (κ1) is 26.3. The number of hydrogen-bond acceptors (Lipinski definition) is 7. The minimum Gasteiger partial charge on any atom is -0.481 e. The van der Waals surface area contributed by atoms with Crippen LogP contribution in [0.5, 0.6) is 0 Å². The van der Waals surface area contributed by atoms with Crippen molar-refractivity contribution in [3.05, 3.63) is 59.7 Å². The van der Waals surface area contributed by atoms with Gasteiger partial charge in [0, 0.05) is 18.5 Å².